The molecule has 1 aliphatic rings. The van der Waals surface area contributed by atoms with Crippen molar-refractivity contribution in [3.8, 4) is 5.75 Å². The zero-order valence-electron chi connectivity index (χ0n) is 12.4. The molecule has 3 rings (SSSR count). The van der Waals surface area contributed by atoms with Crippen LogP contribution in [0.1, 0.15) is 36.4 Å². The first-order valence-corrected chi connectivity index (χ1v) is 7.79. The molecule has 1 aromatic carbocycles. The van der Waals surface area contributed by atoms with Crippen molar-refractivity contribution in [2.45, 2.75) is 39.7 Å². The molecule has 0 atom stereocenters. The van der Waals surface area contributed by atoms with E-state index < -0.39 is 0 Å². The van der Waals surface area contributed by atoms with Gasteiger partial charge in [-0.1, -0.05) is 25.4 Å². The van der Waals surface area contributed by atoms with Crippen molar-refractivity contribution in [1.29, 1.82) is 0 Å². The van der Waals surface area contributed by atoms with Gasteiger partial charge in [0.05, 0.1) is 30.2 Å². The highest BCUT2D eigenvalue weighted by Gasteiger charge is 2.20. The standard InChI is InChI=1S/C16H20ClN3O/c1-3-13-15(18)14(4-2)20(19-13)9-11-8-12(17)7-10-5-6-21-16(10)11/h7-8H,3-6,9,18H2,1-2H3. The number of rotatable bonds is 4. The van der Waals surface area contributed by atoms with Crippen LogP contribution in [-0.4, -0.2) is 16.4 Å². The lowest BCUT2D eigenvalue weighted by Gasteiger charge is -2.11. The number of ether oxygens (including phenoxy) is 1. The molecule has 21 heavy (non-hydrogen) atoms. The second-order valence-corrected chi connectivity index (χ2v) is 5.76. The number of nitrogens with two attached hydrogens (primary N) is 1. The topological polar surface area (TPSA) is 53.1 Å². The second kappa shape index (κ2) is 5.60. The minimum atomic E-state index is 0.649. The van der Waals surface area contributed by atoms with E-state index in [2.05, 4.69) is 18.9 Å². The van der Waals surface area contributed by atoms with Gasteiger partial charge in [-0.25, -0.2) is 0 Å². The van der Waals surface area contributed by atoms with Crippen molar-refractivity contribution in [2.75, 3.05) is 12.3 Å². The van der Waals surface area contributed by atoms with Gasteiger partial charge in [0.25, 0.3) is 0 Å². The van der Waals surface area contributed by atoms with Crippen LogP contribution in [0, 0.1) is 0 Å². The molecule has 2 N–H and O–H groups in total. The fourth-order valence-electron chi connectivity index (χ4n) is 2.96. The van der Waals surface area contributed by atoms with Gasteiger partial charge in [-0.2, -0.15) is 5.10 Å². The molecule has 0 amide bonds. The molecule has 1 aliphatic heterocycles. The minimum Gasteiger partial charge on any atom is -0.493 e. The van der Waals surface area contributed by atoms with Crippen molar-refractivity contribution >= 4 is 17.3 Å². The number of aryl methyl sites for hydroxylation is 1. The number of nitrogens with zero attached hydrogens (tertiary/aromatic N) is 2. The molecule has 0 bridgehead atoms. The van der Waals surface area contributed by atoms with Crippen LogP contribution in [0.2, 0.25) is 5.02 Å². The van der Waals surface area contributed by atoms with Gasteiger partial charge in [0.15, 0.2) is 0 Å². The maximum atomic E-state index is 6.22. The third-order valence-corrected chi connectivity index (χ3v) is 4.21. The summed E-state index contributed by atoms with van der Waals surface area (Å²) < 4.78 is 7.75. The molecule has 0 radical (unpaired) electrons. The number of halogens is 1. The van der Waals surface area contributed by atoms with Gasteiger partial charge in [0.2, 0.25) is 0 Å². The Balaban J connectivity index is 2.01. The average Bonchev–Trinajstić information content (AvgIpc) is 3.03. The van der Waals surface area contributed by atoms with E-state index >= 15 is 0 Å². The van der Waals surface area contributed by atoms with Crippen molar-refractivity contribution in [1.82, 2.24) is 9.78 Å². The number of nitrogen functional groups attached to an aromatic ring is 1. The number of anilines is 1. The van der Waals surface area contributed by atoms with Crippen molar-refractivity contribution in [3.05, 3.63) is 39.7 Å². The third kappa shape index (κ3) is 2.48. The van der Waals surface area contributed by atoms with E-state index in [4.69, 9.17) is 22.1 Å². The summed E-state index contributed by atoms with van der Waals surface area (Å²) in [4.78, 5) is 0. The first-order valence-electron chi connectivity index (χ1n) is 7.42. The van der Waals surface area contributed by atoms with Crippen LogP contribution < -0.4 is 10.5 Å². The molecule has 1 aromatic heterocycles. The second-order valence-electron chi connectivity index (χ2n) is 5.32. The average molecular weight is 306 g/mol. The van der Waals surface area contributed by atoms with Crippen LogP contribution >= 0.6 is 11.6 Å². The highest BCUT2D eigenvalue weighted by Crippen LogP contribution is 2.34. The molecule has 112 valence electrons. The van der Waals surface area contributed by atoms with Gasteiger partial charge < -0.3 is 10.5 Å². The molecule has 0 aliphatic carbocycles. The Bertz CT molecular complexity index is 679. The summed E-state index contributed by atoms with van der Waals surface area (Å²) in [6, 6.07) is 3.96. The smallest absolute Gasteiger partial charge is 0.127 e. The van der Waals surface area contributed by atoms with E-state index in [9.17, 15) is 0 Å². The lowest BCUT2D eigenvalue weighted by Crippen LogP contribution is -2.08. The van der Waals surface area contributed by atoms with E-state index in [1.165, 1.54) is 5.56 Å². The summed E-state index contributed by atoms with van der Waals surface area (Å²) in [6.07, 6.45) is 2.63. The van der Waals surface area contributed by atoms with Gasteiger partial charge in [0, 0.05) is 17.0 Å². The number of aromatic nitrogens is 2. The Morgan fingerprint density at radius 2 is 2.14 bits per heavy atom. The van der Waals surface area contributed by atoms with E-state index in [1.54, 1.807) is 0 Å². The Labute approximate surface area is 129 Å². The summed E-state index contributed by atoms with van der Waals surface area (Å²) >= 11 is 6.22. The third-order valence-electron chi connectivity index (χ3n) is 3.99. The van der Waals surface area contributed by atoms with Crippen LogP contribution in [0.5, 0.6) is 5.75 Å². The molecular weight excluding hydrogens is 286 g/mol. The van der Waals surface area contributed by atoms with Gasteiger partial charge in [-0.05, 0) is 30.5 Å². The van der Waals surface area contributed by atoms with Gasteiger partial charge in [0.1, 0.15) is 5.75 Å². The molecule has 2 heterocycles. The van der Waals surface area contributed by atoms with Crippen molar-refractivity contribution < 1.29 is 4.74 Å². The SMILES string of the molecule is CCc1nn(Cc2cc(Cl)cc3c2OCC3)c(CC)c1N. The first kappa shape index (κ1) is 14.3. The van der Waals surface area contributed by atoms with E-state index in [1.807, 2.05) is 16.8 Å². The van der Waals surface area contributed by atoms with E-state index in [0.717, 1.165) is 59.3 Å². The lowest BCUT2D eigenvalue weighted by atomic mass is 10.1. The number of fused-ring (bicyclic) bond motifs is 1. The zero-order chi connectivity index (χ0) is 15.0. The first-order chi connectivity index (χ1) is 10.1. The molecular formula is C16H20ClN3O. The number of benzene rings is 1. The molecule has 0 saturated heterocycles. The highest BCUT2D eigenvalue weighted by atomic mass is 35.5. The lowest BCUT2D eigenvalue weighted by molar-refractivity contribution is 0.352. The quantitative estimate of drug-likeness (QED) is 0.943. The van der Waals surface area contributed by atoms with Crippen molar-refractivity contribution in [3.63, 3.8) is 0 Å². The Morgan fingerprint density at radius 1 is 1.33 bits per heavy atom. The Hall–Kier alpha value is -1.68. The van der Waals surface area contributed by atoms with Crippen LogP contribution in [0.3, 0.4) is 0 Å². The summed E-state index contributed by atoms with van der Waals surface area (Å²) in [5.74, 6) is 0.966. The normalized spacial score (nSPS) is 13.3. The fraction of sp³-hybridized carbons (Fsp3) is 0.438. The molecule has 0 fully saturated rings. The predicted molar refractivity (Wildman–Crippen MR) is 85.1 cm³/mol. The fourth-order valence-corrected chi connectivity index (χ4v) is 3.22. The van der Waals surface area contributed by atoms with E-state index in [-0.39, 0.29) is 0 Å². The van der Waals surface area contributed by atoms with Gasteiger partial charge in [-0.15, -0.1) is 0 Å². The summed E-state index contributed by atoms with van der Waals surface area (Å²) in [7, 11) is 0. The molecule has 0 saturated carbocycles. The zero-order valence-corrected chi connectivity index (χ0v) is 13.2. The maximum Gasteiger partial charge on any atom is 0.127 e. The molecule has 5 heteroatoms. The Kier molecular flexibility index (Phi) is 3.81. The molecule has 0 unspecified atom stereocenters. The summed E-state index contributed by atoms with van der Waals surface area (Å²) in [5.41, 5.74) is 11.3. The van der Waals surface area contributed by atoms with Gasteiger partial charge in [-0.3, -0.25) is 4.68 Å². The number of hydrogen-bond acceptors (Lipinski definition) is 3. The summed E-state index contributed by atoms with van der Waals surface area (Å²) in [5, 5.41) is 5.40. The maximum absolute atomic E-state index is 6.22. The number of hydrogen-bond donors (Lipinski definition) is 1. The summed E-state index contributed by atoms with van der Waals surface area (Å²) in [6.45, 7) is 5.55. The van der Waals surface area contributed by atoms with Crippen LogP contribution in [0.25, 0.3) is 0 Å². The van der Waals surface area contributed by atoms with Crippen LogP contribution in [-0.2, 0) is 25.8 Å². The van der Waals surface area contributed by atoms with Crippen molar-refractivity contribution in [2.24, 2.45) is 0 Å². The monoisotopic (exact) mass is 305 g/mol. The molecule has 0 spiro atoms. The van der Waals surface area contributed by atoms with E-state index in [0.29, 0.717) is 6.54 Å². The predicted octanol–water partition coefficient (Wildman–Crippen LogP) is 3.23. The van der Waals surface area contributed by atoms with Crippen LogP contribution in [0.15, 0.2) is 12.1 Å². The van der Waals surface area contributed by atoms with Gasteiger partial charge >= 0.3 is 0 Å². The highest BCUT2D eigenvalue weighted by molar-refractivity contribution is 6.30. The largest absolute Gasteiger partial charge is 0.493 e. The minimum absolute atomic E-state index is 0.649. The van der Waals surface area contributed by atoms with Crippen LogP contribution in [0.4, 0.5) is 5.69 Å². The Morgan fingerprint density at radius 3 is 2.86 bits per heavy atom. The molecule has 4 nitrogen and oxygen atoms in total. The molecule has 2 aromatic rings.